The Morgan fingerprint density at radius 1 is 1.12 bits per heavy atom. The molecule has 0 bridgehead atoms. The molecule has 1 fully saturated rings. The second-order valence-electron chi connectivity index (χ2n) is 6.75. The Hall–Kier alpha value is -2.20. The van der Waals surface area contributed by atoms with Crippen LogP contribution in [0.25, 0.3) is 0 Å². The van der Waals surface area contributed by atoms with Crippen LogP contribution in [0.15, 0.2) is 42.5 Å². The lowest BCUT2D eigenvalue weighted by Gasteiger charge is -2.40. The third-order valence-corrected chi connectivity index (χ3v) is 5.42. The molecule has 0 spiro atoms. The lowest BCUT2D eigenvalue weighted by molar-refractivity contribution is -0.124. The van der Waals surface area contributed by atoms with E-state index in [4.69, 9.17) is 0 Å². The topological polar surface area (TPSA) is 41.1 Å². The minimum atomic E-state index is -0.509. The summed E-state index contributed by atoms with van der Waals surface area (Å²) >= 11 is 0. The van der Waals surface area contributed by atoms with E-state index < -0.39 is 5.41 Å². The molecule has 124 valence electrons. The number of rotatable bonds is 3. The van der Waals surface area contributed by atoms with E-state index in [0.717, 1.165) is 42.5 Å². The molecule has 2 aliphatic rings. The highest BCUT2D eigenvalue weighted by Crippen LogP contribution is 2.44. The van der Waals surface area contributed by atoms with E-state index in [0.29, 0.717) is 18.7 Å². The second kappa shape index (κ2) is 6.02. The molecule has 1 heterocycles. The van der Waals surface area contributed by atoms with Crippen molar-refractivity contribution in [2.45, 2.75) is 37.6 Å². The van der Waals surface area contributed by atoms with Crippen molar-refractivity contribution >= 4 is 11.6 Å². The molecule has 4 heteroatoms. The Kier molecular flexibility index (Phi) is 3.85. The maximum atomic E-state index is 14.8. The molecule has 0 aromatic heterocycles. The Labute approximate surface area is 141 Å². The first-order valence-electron chi connectivity index (χ1n) is 8.59. The van der Waals surface area contributed by atoms with E-state index in [-0.39, 0.29) is 11.7 Å². The maximum Gasteiger partial charge on any atom is 0.235 e. The van der Waals surface area contributed by atoms with Gasteiger partial charge in [-0.15, -0.1) is 0 Å². The van der Waals surface area contributed by atoms with E-state index >= 15 is 0 Å². The normalized spacial score (nSPS) is 18.4. The van der Waals surface area contributed by atoms with Crippen LogP contribution in [0.2, 0.25) is 0 Å². The number of anilines is 1. The molecule has 4 rings (SSSR count). The molecule has 0 atom stereocenters. The van der Waals surface area contributed by atoms with Gasteiger partial charge in [-0.3, -0.25) is 4.79 Å². The van der Waals surface area contributed by atoms with Gasteiger partial charge in [0.1, 0.15) is 5.82 Å². The monoisotopic (exact) mass is 324 g/mol. The van der Waals surface area contributed by atoms with Crippen LogP contribution in [0.3, 0.4) is 0 Å². The van der Waals surface area contributed by atoms with Gasteiger partial charge in [0.25, 0.3) is 0 Å². The zero-order valence-electron chi connectivity index (χ0n) is 13.6. The standard InChI is InChI=1S/C20H21FN2O/c21-18-16-9-12-22-13-14(16)7-8-17(18)23-19(24)20(10-4-11-20)15-5-2-1-3-6-15/h1-3,5-8,22H,4,9-13H2,(H,23,24). The number of halogens is 1. The Bertz CT molecular complexity index is 769. The third kappa shape index (κ3) is 2.42. The highest BCUT2D eigenvalue weighted by molar-refractivity contribution is 6.00. The van der Waals surface area contributed by atoms with Gasteiger partial charge in [0, 0.05) is 6.54 Å². The maximum absolute atomic E-state index is 14.8. The van der Waals surface area contributed by atoms with Gasteiger partial charge in [0.05, 0.1) is 11.1 Å². The number of carbonyl (C=O) groups excluding carboxylic acids is 1. The molecular weight excluding hydrogens is 303 g/mol. The highest BCUT2D eigenvalue weighted by atomic mass is 19.1. The van der Waals surface area contributed by atoms with E-state index in [1.165, 1.54) is 0 Å². The number of benzene rings is 2. The zero-order valence-corrected chi connectivity index (χ0v) is 13.6. The number of amides is 1. The van der Waals surface area contributed by atoms with Crippen LogP contribution in [0.5, 0.6) is 0 Å². The van der Waals surface area contributed by atoms with Crippen molar-refractivity contribution in [2.75, 3.05) is 11.9 Å². The van der Waals surface area contributed by atoms with E-state index in [2.05, 4.69) is 10.6 Å². The third-order valence-electron chi connectivity index (χ3n) is 5.42. The van der Waals surface area contributed by atoms with Crippen LogP contribution < -0.4 is 10.6 Å². The fraction of sp³-hybridized carbons (Fsp3) is 0.350. The van der Waals surface area contributed by atoms with Gasteiger partial charge in [-0.2, -0.15) is 0 Å². The van der Waals surface area contributed by atoms with Gasteiger partial charge < -0.3 is 10.6 Å². The van der Waals surface area contributed by atoms with Crippen molar-refractivity contribution in [3.63, 3.8) is 0 Å². The van der Waals surface area contributed by atoms with Gasteiger partial charge in [0.15, 0.2) is 0 Å². The molecule has 1 saturated carbocycles. The summed E-state index contributed by atoms with van der Waals surface area (Å²) in [5.74, 6) is -0.363. The molecule has 0 saturated heterocycles. The summed E-state index contributed by atoms with van der Waals surface area (Å²) in [5.41, 5.74) is 2.54. The Morgan fingerprint density at radius 3 is 2.62 bits per heavy atom. The van der Waals surface area contributed by atoms with Crippen LogP contribution >= 0.6 is 0 Å². The summed E-state index contributed by atoms with van der Waals surface area (Å²) in [5, 5.41) is 6.11. The molecule has 1 aliphatic carbocycles. The predicted octanol–water partition coefficient (Wildman–Crippen LogP) is 3.53. The first-order valence-corrected chi connectivity index (χ1v) is 8.59. The van der Waals surface area contributed by atoms with Crippen molar-refractivity contribution in [2.24, 2.45) is 0 Å². The van der Waals surface area contributed by atoms with Crippen molar-refractivity contribution in [3.05, 3.63) is 65.0 Å². The van der Waals surface area contributed by atoms with Crippen LogP contribution in [0.1, 0.15) is 36.0 Å². The predicted molar refractivity (Wildman–Crippen MR) is 92.4 cm³/mol. The van der Waals surface area contributed by atoms with Gasteiger partial charge in [-0.1, -0.05) is 42.8 Å². The molecule has 2 aromatic carbocycles. The van der Waals surface area contributed by atoms with Crippen molar-refractivity contribution in [1.82, 2.24) is 5.32 Å². The Balaban J connectivity index is 1.62. The molecule has 3 nitrogen and oxygen atoms in total. The summed E-state index contributed by atoms with van der Waals surface area (Å²) in [7, 11) is 0. The zero-order chi connectivity index (χ0) is 16.6. The molecule has 1 aliphatic heterocycles. The fourth-order valence-electron chi connectivity index (χ4n) is 3.81. The number of carbonyl (C=O) groups is 1. The van der Waals surface area contributed by atoms with Gasteiger partial charge in [0.2, 0.25) is 5.91 Å². The molecular formula is C20H21FN2O. The smallest absolute Gasteiger partial charge is 0.235 e. The summed E-state index contributed by atoms with van der Waals surface area (Å²) in [6.07, 6.45) is 3.33. The second-order valence-corrected chi connectivity index (χ2v) is 6.75. The van der Waals surface area contributed by atoms with E-state index in [1.807, 2.05) is 36.4 Å². The molecule has 0 unspecified atom stereocenters. The summed E-state index contributed by atoms with van der Waals surface area (Å²) in [4.78, 5) is 12.9. The van der Waals surface area contributed by atoms with Crippen molar-refractivity contribution in [3.8, 4) is 0 Å². The van der Waals surface area contributed by atoms with Gasteiger partial charge in [-0.05, 0) is 48.6 Å². The average Bonchev–Trinajstić information content (AvgIpc) is 2.58. The number of hydrogen-bond donors (Lipinski definition) is 2. The first kappa shape index (κ1) is 15.3. The molecule has 2 aromatic rings. The highest BCUT2D eigenvalue weighted by Gasteiger charge is 2.45. The van der Waals surface area contributed by atoms with Crippen LogP contribution in [-0.4, -0.2) is 12.5 Å². The summed E-state index contributed by atoms with van der Waals surface area (Å²) < 4.78 is 14.8. The molecule has 0 radical (unpaired) electrons. The summed E-state index contributed by atoms with van der Waals surface area (Å²) in [6, 6.07) is 13.4. The molecule has 24 heavy (non-hydrogen) atoms. The van der Waals surface area contributed by atoms with Gasteiger partial charge >= 0.3 is 0 Å². The Morgan fingerprint density at radius 2 is 1.92 bits per heavy atom. The summed E-state index contributed by atoms with van der Waals surface area (Å²) in [6.45, 7) is 1.46. The van der Waals surface area contributed by atoms with Crippen LogP contribution in [-0.2, 0) is 23.2 Å². The van der Waals surface area contributed by atoms with E-state index in [9.17, 15) is 9.18 Å². The van der Waals surface area contributed by atoms with Gasteiger partial charge in [-0.25, -0.2) is 4.39 Å². The average molecular weight is 324 g/mol. The first-order chi connectivity index (χ1) is 11.7. The molecule has 2 N–H and O–H groups in total. The SMILES string of the molecule is O=C(Nc1ccc2c(c1F)CCNC2)C1(c2ccccc2)CCC1. The lowest BCUT2D eigenvalue weighted by atomic mass is 9.64. The van der Waals surface area contributed by atoms with Crippen molar-refractivity contribution in [1.29, 1.82) is 0 Å². The van der Waals surface area contributed by atoms with E-state index in [1.54, 1.807) is 6.07 Å². The quantitative estimate of drug-likeness (QED) is 0.907. The van der Waals surface area contributed by atoms with Crippen LogP contribution in [0, 0.1) is 5.82 Å². The number of fused-ring (bicyclic) bond motifs is 1. The minimum Gasteiger partial charge on any atom is -0.323 e. The minimum absolute atomic E-state index is 0.0901. The van der Waals surface area contributed by atoms with Crippen LogP contribution in [0.4, 0.5) is 10.1 Å². The van der Waals surface area contributed by atoms with Crippen molar-refractivity contribution < 1.29 is 9.18 Å². The molecule has 1 amide bonds. The number of hydrogen-bond acceptors (Lipinski definition) is 2. The lowest BCUT2D eigenvalue weighted by Crippen LogP contribution is -2.46. The number of nitrogens with one attached hydrogen (secondary N) is 2. The fourth-order valence-corrected chi connectivity index (χ4v) is 3.81. The largest absolute Gasteiger partial charge is 0.323 e.